The lowest BCUT2D eigenvalue weighted by Crippen LogP contribution is -2.44. The second-order valence-corrected chi connectivity index (χ2v) is 7.88. The van der Waals surface area contributed by atoms with Gasteiger partial charge in [-0.15, -0.1) is 0 Å². The third-order valence-corrected chi connectivity index (χ3v) is 6.02. The minimum absolute atomic E-state index is 0.125. The zero-order valence-corrected chi connectivity index (χ0v) is 15.4. The van der Waals surface area contributed by atoms with Crippen LogP contribution in [0.1, 0.15) is 44.9 Å². The van der Waals surface area contributed by atoms with Gasteiger partial charge in [0.05, 0.1) is 12.7 Å². The molecule has 1 aliphatic carbocycles. The molecule has 1 aromatic heterocycles. The summed E-state index contributed by atoms with van der Waals surface area (Å²) in [6, 6.07) is 5.68. The summed E-state index contributed by atoms with van der Waals surface area (Å²) in [5, 5.41) is 0. The predicted octanol–water partition coefficient (Wildman–Crippen LogP) is 3.36. The van der Waals surface area contributed by atoms with Gasteiger partial charge in [0.15, 0.2) is 0 Å². The molecule has 2 aliphatic heterocycles. The second-order valence-electron chi connectivity index (χ2n) is 7.88. The fourth-order valence-electron chi connectivity index (χ4n) is 4.38. The van der Waals surface area contributed by atoms with Gasteiger partial charge in [-0.05, 0) is 56.4 Å². The van der Waals surface area contributed by atoms with Crippen molar-refractivity contribution >= 4 is 5.91 Å². The molecule has 0 bridgehead atoms. The fraction of sp³-hybridized carbons (Fsp3) is 0.619. The van der Waals surface area contributed by atoms with Gasteiger partial charge in [0.25, 0.3) is 0 Å². The second kappa shape index (κ2) is 7.78. The Morgan fingerprint density at radius 1 is 1.31 bits per heavy atom. The van der Waals surface area contributed by atoms with Gasteiger partial charge in [0.2, 0.25) is 11.8 Å². The molecule has 1 spiro atoms. The molecule has 1 atom stereocenters. The molecule has 0 N–H and O–H groups in total. The Kier molecular flexibility index (Phi) is 5.25. The maximum absolute atomic E-state index is 12.7. The van der Waals surface area contributed by atoms with Crippen LogP contribution in [0, 0.1) is 5.41 Å². The molecule has 0 aromatic carbocycles. The number of likely N-dealkylation sites (tertiary alicyclic amines) is 1. The van der Waals surface area contributed by atoms with Gasteiger partial charge < -0.3 is 14.4 Å². The molecule has 1 unspecified atom stereocenters. The maximum Gasteiger partial charge on any atom is 0.249 e. The highest BCUT2D eigenvalue weighted by molar-refractivity contribution is 5.93. The number of aromatic nitrogens is 1. The van der Waals surface area contributed by atoms with Crippen LogP contribution in [0.3, 0.4) is 0 Å². The average Bonchev–Trinajstić information content (AvgIpc) is 3.10. The smallest absolute Gasteiger partial charge is 0.249 e. The van der Waals surface area contributed by atoms with Gasteiger partial charge in [-0.25, -0.2) is 4.98 Å². The Balaban J connectivity index is 1.26. The highest BCUT2D eigenvalue weighted by Crippen LogP contribution is 2.42. The van der Waals surface area contributed by atoms with E-state index < -0.39 is 0 Å². The lowest BCUT2D eigenvalue weighted by atomic mass is 9.76. The van der Waals surface area contributed by atoms with Crippen LogP contribution in [0.2, 0.25) is 0 Å². The third-order valence-electron chi connectivity index (χ3n) is 6.02. The Labute approximate surface area is 155 Å². The predicted molar refractivity (Wildman–Crippen MR) is 98.9 cm³/mol. The molecule has 1 aromatic rings. The van der Waals surface area contributed by atoms with E-state index >= 15 is 0 Å². The standard InChI is InChI=1S/C21H28N2O3/c24-20(17-6-2-1-3-7-17)23-12-9-21(10-13-23)14-18(26-16-21)15-25-19-8-4-5-11-22-19/h4-6,8,11,18H,1-3,7,9-10,12-16H2. The summed E-state index contributed by atoms with van der Waals surface area (Å²) in [4.78, 5) is 18.9. The fourth-order valence-corrected chi connectivity index (χ4v) is 4.38. The van der Waals surface area contributed by atoms with E-state index in [9.17, 15) is 4.79 Å². The van der Waals surface area contributed by atoms with Crippen molar-refractivity contribution in [2.75, 3.05) is 26.3 Å². The minimum Gasteiger partial charge on any atom is -0.475 e. The first-order chi connectivity index (χ1) is 12.7. The number of carbonyl (C=O) groups is 1. The molecule has 2 saturated heterocycles. The highest BCUT2D eigenvalue weighted by Gasteiger charge is 2.43. The zero-order valence-electron chi connectivity index (χ0n) is 15.4. The molecule has 0 radical (unpaired) electrons. The van der Waals surface area contributed by atoms with Crippen LogP contribution in [0.5, 0.6) is 5.88 Å². The Morgan fingerprint density at radius 2 is 2.19 bits per heavy atom. The van der Waals surface area contributed by atoms with Crippen LogP contribution >= 0.6 is 0 Å². The first-order valence-electron chi connectivity index (χ1n) is 9.88. The van der Waals surface area contributed by atoms with E-state index in [1.54, 1.807) is 6.20 Å². The Hall–Kier alpha value is -1.88. The van der Waals surface area contributed by atoms with Gasteiger partial charge in [0, 0.05) is 30.9 Å². The normalized spacial score (nSPS) is 25.2. The van der Waals surface area contributed by atoms with Crippen molar-refractivity contribution in [2.45, 2.75) is 51.0 Å². The van der Waals surface area contributed by atoms with Crippen LogP contribution in [0.4, 0.5) is 0 Å². The van der Waals surface area contributed by atoms with E-state index in [1.807, 2.05) is 18.2 Å². The summed E-state index contributed by atoms with van der Waals surface area (Å²) < 4.78 is 11.8. The zero-order chi connectivity index (χ0) is 17.8. The van der Waals surface area contributed by atoms with E-state index in [2.05, 4.69) is 16.0 Å². The lowest BCUT2D eigenvalue weighted by molar-refractivity contribution is -0.129. The van der Waals surface area contributed by atoms with Crippen LogP contribution in [0.15, 0.2) is 36.0 Å². The number of nitrogens with zero attached hydrogens (tertiary/aromatic N) is 2. The molecule has 2 fully saturated rings. The van der Waals surface area contributed by atoms with Gasteiger partial charge >= 0.3 is 0 Å². The quantitative estimate of drug-likeness (QED) is 0.830. The minimum atomic E-state index is 0.125. The summed E-state index contributed by atoms with van der Waals surface area (Å²) in [5.41, 5.74) is 1.26. The molecule has 4 rings (SSSR count). The van der Waals surface area contributed by atoms with Crippen molar-refractivity contribution in [1.29, 1.82) is 0 Å². The summed E-state index contributed by atoms with van der Waals surface area (Å²) in [7, 11) is 0. The number of hydrogen-bond acceptors (Lipinski definition) is 4. The summed E-state index contributed by atoms with van der Waals surface area (Å²) in [6.45, 7) is 3.04. The molecule has 0 saturated carbocycles. The van der Waals surface area contributed by atoms with E-state index in [1.165, 1.54) is 6.42 Å². The molecular formula is C21H28N2O3. The lowest BCUT2D eigenvalue weighted by Gasteiger charge is -2.39. The number of pyridine rings is 1. The van der Waals surface area contributed by atoms with E-state index in [4.69, 9.17) is 9.47 Å². The van der Waals surface area contributed by atoms with E-state index in [-0.39, 0.29) is 17.4 Å². The molecular weight excluding hydrogens is 328 g/mol. The van der Waals surface area contributed by atoms with E-state index in [0.717, 1.165) is 63.8 Å². The van der Waals surface area contributed by atoms with Crippen molar-refractivity contribution in [3.63, 3.8) is 0 Å². The number of rotatable bonds is 4. The monoisotopic (exact) mass is 356 g/mol. The van der Waals surface area contributed by atoms with Crippen LogP contribution < -0.4 is 4.74 Å². The van der Waals surface area contributed by atoms with Gasteiger partial charge in [-0.1, -0.05) is 12.1 Å². The average molecular weight is 356 g/mol. The highest BCUT2D eigenvalue weighted by atomic mass is 16.5. The maximum atomic E-state index is 12.7. The number of ether oxygens (including phenoxy) is 2. The van der Waals surface area contributed by atoms with Crippen LogP contribution in [-0.4, -0.2) is 48.2 Å². The van der Waals surface area contributed by atoms with Crippen molar-refractivity contribution < 1.29 is 14.3 Å². The Morgan fingerprint density at radius 3 is 2.92 bits per heavy atom. The first-order valence-corrected chi connectivity index (χ1v) is 9.88. The molecule has 5 nitrogen and oxygen atoms in total. The number of allylic oxidation sites excluding steroid dienone is 1. The largest absolute Gasteiger partial charge is 0.475 e. The van der Waals surface area contributed by atoms with Crippen molar-refractivity contribution in [2.24, 2.45) is 5.41 Å². The molecule has 26 heavy (non-hydrogen) atoms. The van der Waals surface area contributed by atoms with Gasteiger partial charge in [-0.2, -0.15) is 0 Å². The third kappa shape index (κ3) is 3.93. The summed E-state index contributed by atoms with van der Waals surface area (Å²) in [5.74, 6) is 0.923. The molecule has 3 heterocycles. The number of amides is 1. The SMILES string of the molecule is O=C(C1=CCCCC1)N1CCC2(CC1)COC(COc1ccccn1)C2. The van der Waals surface area contributed by atoms with Crippen molar-refractivity contribution in [3.8, 4) is 5.88 Å². The van der Waals surface area contributed by atoms with Gasteiger partial charge in [-0.3, -0.25) is 4.79 Å². The van der Waals surface area contributed by atoms with Gasteiger partial charge in [0.1, 0.15) is 6.61 Å². The van der Waals surface area contributed by atoms with Crippen LogP contribution in [-0.2, 0) is 9.53 Å². The topological polar surface area (TPSA) is 51.7 Å². The number of carbonyl (C=O) groups excluding carboxylic acids is 1. The van der Waals surface area contributed by atoms with Crippen molar-refractivity contribution in [3.05, 3.63) is 36.0 Å². The van der Waals surface area contributed by atoms with Crippen LogP contribution in [0.25, 0.3) is 0 Å². The number of piperidine rings is 1. The molecule has 3 aliphatic rings. The summed E-state index contributed by atoms with van der Waals surface area (Å²) in [6.07, 6.45) is 11.5. The number of hydrogen-bond donors (Lipinski definition) is 0. The van der Waals surface area contributed by atoms with E-state index in [0.29, 0.717) is 12.5 Å². The first kappa shape index (κ1) is 17.5. The molecule has 5 heteroatoms. The Bertz CT molecular complexity index is 650. The summed E-state index contributed by atoms with van der Waals surface area (Å²) >= 11 is 0. The van der Waals surface area contributed by atoms with Crippen molar-refractivity contribution in [1.82, 2.24) is 9.88 Å². The molecule has 1 amide bonds. The molecule has 140 valence electrons.